The predicted octanol–water partition coefficient (Wildman–Crippen LogP) is 1.06. The fourth-order valence-corrected chi connectivity index (χ4v) is 1.26. The summed E-state index contributed by atoms with van der Waals surface area (Å²) in [5.41, 5.74) is 4.08. The molecule has 1 aromatic carbocycles. The number of nitrogens with zero attached hydrogens (tertiary/aromatic N) is 2. The van der Waals surface area contributed by atoms with Gasteiger partial charge in [0.1, 0.15) is 6.61 Å². The van der Waals surface area contributed by atoms with Gasteiger partial charge in [-0.25, -0.2) is 5.43 Å². The molecule has 0 saturated heterocycles. The Balaban J connectivity index is 1.95. The topological polar surface area (TPSA) is 63.0 Å². The molecule has 1 heterocycles. The Bertz CT molecular complexity index is 452. The molecule has 2 rings (SSSR count). The van der Waals surface area contributed by atoms with E-state index in [1.54, 1.807) is 6.92 Å². The quantitative estimate of drug-likeness (QED) is 0.769. The van der Waals surface area contributed by atoms with Crippen LogP contribution < -0.4 is 5.43 Å². The normalized spacial score (nSPS) is 17.2. The molecule has 0 unspecified atom stereocenters. The maximum atomic E-state index is 11.2. The fourth-order valence-electron chi connectivity index (χ4n) is 1.26. The molecule has 5 heteroatoms. The lowest BCUT2D eigenvalue weighted by Crippen LogP contribution is -2.22. The lowest BCUT2D eigenvalue weighted by molar-refractivity contribution is -0.114. The number of hydrogen-bond acceptors (Lipinski definition) is 4. The SMILES string of the molecule is CC1=NNC(=O)C1=NOCc1ccccc1. The number of carbonyl (C=O) groups excluding carboxylic acids is 1. The summed E-state index contributed by atoms with van der Waals surface area (Å²) in [6, 6.07) is 9.62. The van der Waals surface area contributed by atoms with Crippen LogP contribution >= 0.6 is 0 Å². The number of hydrazone groups is 1. The third kappa shape index (κ3) is 2.25. The van der Waals surface area contributed by atoms with E-state index in [2.05, 4.69) is 15.7 Å². The molecule has 0 spiro atoms. The number of benzene rings is 1. The van der Waals surface area contributed by atoms with E-state index in [0.717, 1.165) is 5.56 Å². The first-order valence-electron chi connectivity index (χ1n) is 4.86. The van der Waals surface area contributed by atoms with Gasteiger partial charge in [0.15, 0.2) is 5.71 Å². The van der Waals surface area contributed by atoms with Crippen LogP contribution in [0.25, 0.3) is 0 Å². The highest BCUT2D eigenvalue weighted by Crippen LogP contribution is 2.02. The van der Waals surface area contributed by atoms with E-state index in [4.69, 9.17) is 4.84 Å². The van der Waals surface area contributed by atoms with E-state index >= 15 is 0 Å². The van der Waals surface area contributed by atoms with Gasteiger partial charge in [-0.05, 0) is 12.5 Å². The van der Waals surface area contributed by atoms with Crippen molar-refractivity contribution in [2.24, 2.45) is 10.3 Å². The Morgan fingerprint density at radius 3 is 2.75 bits per heavy atom. The number of oxime groups is 1. The van der Waals surface area contributed by atoms with Crippen LogP contribution in [0.15, 0.2) is 40.6 Å². The molecule has 16 heavy (non-hydrogen) atoms. The summed E-state index contributed by atoms with van der Waals surface area (Å²) in [6.45, 7) is 2.04. The summed E-state index contributed by atoms with van der Waals surface area (Å²) in [7, 11) is 0. The molecule has 0 aromatic heterocycles. The number of nitrogens with one attached hydrogen (secondary N) is 1. The molecule has 5 nitrogen and oxygen atoms in total. The Morgan fingerprint density at radius 2 is 2.12 bits per heavy atom. The van der Waals surface area contributed by atoms with Crippen molar-refractivity contribution in [1.82, 2.24) is 5.43 Å². The first-order valence-corrected chi connectivity index (χ1v) is 4.86. The van der Waals surface area contributed by atoms with Crippen LogP contribution in [0.5, 0.6) is 0 Å². The van der Waals surface area contributed by atoms with E-state index in [1.807, 2.05) is 30.3 Å². The van der Waals surface area contributed by atoms with Crippen molar-refractivity contribution >= 4 is 17.3 Å². The molecule has 0 aliphatic carbocycles. The van der Waals surface area contributed by atoms with E-state index in [0.29, 0.717) is 12.3 Å². The van der Waals surface area contributed by atoms with Crippen molar-refractivity contribution < 1.29 is 9.63 Å². The highest BCUT2D eigenvalue weighted by molar-refractivity contribution is 6.68. The van der Waals surface area contributed by atoms with Crippen LogP contribution in [0.2, 0.25) is 0 Å². The Kier molecular flexibility index (Phi) is 2.95. The zero-order chi connectivity index (χ0) is 11.4. The molecule has 1 aliphatic rings. The molecular formula is C11H11N3O2. The van der Waals surface area contributed by atoms with Gasteiger partial charge in [0.05, 0.1) is 5.71 Å². The van der Waals surface area contributed by atoms with Gasteiger partial charge in [0.2, 0.25) is 0 Å². The van der Waals surface area contributed by atoms with Crippen molar-refractivity contribution in [3.05, 3.63) is 35.9 Å². The summed E-state index contributed by atoms with van der Waals surface area (Å²) >= 11 is 0. The highest BCUT2D eigenvalue weighted by atomic mass is 16.6. The maximum Gasteiger partial charge on any atom is 0.295 e. The molecule has 1 aromatic rings. The molecular weight excluding hydrogens is 206 g/mol. The minimum Gasteiger partial charge on any atom is -0.390 e. The van der Waals surface area contributed by atoms with Crippen LogP contribution in [0.3, 0.4) is 0 Å². The fraction of sp³-hybridized carbons (Fsp3) is 0.182. The van der Waals surface area contributed by atoms with Crippen molar-refractivity contribution in [2.75, 3.05) is 0 Å². The third-order valence-electron chi connectivity index (χ3n) is 2.11. The Hall–Kier alpha value is -2.17. The van der Waals surface area contributed by atoms with Crippen LogP contribution in [0, 0.1) is 0 Å². The number of rotatable bonds is 3. The first kappa shape index (κ1) is 10.4. The van der Waals surface area contributed by atoms with Gasteiger partial charge in [-0.15, -0.1) is 0 Å². The average molecular weight is 217 g/mol. The number of amides is 1. The zero-order valence-corrected chi connectivity index (χ0v) is 8.80. The second-order valence-electron chi connectivity index (χ2n) is 3.34. The van der Waals surface area contributed by atoms with Crippen LogP contribution in [-0.2, 0) is 16.2 Å². The van der Waals surface area contributed by atoms with E-state index < -0.39 is 0 Å². The first-order chi connectivity index (χ1) is 7.77. The third-order valence-corrected chi connectivity index (χ3v) is 2.11. The summed E-state index contributed by atoms with van der Waals surface area (Å²) < 4.78 is 0. The molecule has 1 amide bonds. The molecule has 0 saturated carbocycles. The van der Waals surface area contributed by atoms with Crippen molar-refractivity contribution in [3.8, 4) is 0 Å². The Labute approximate surface area is 92.8 Å². The van der Waals surface area contributed by atoms with Gasteiger partial charge in [-0.2, -0.15) is 5.10 Å². The zero-order valence-electron chi connectivity index (χ0n) is 8.80. The van der Waals surface area contributed by atoms with E-state index in [-0.39, 0.29) is 11.6 Å². The van der Waals surface area contributed by atoms with Gasteiger partial charge >= 0.3 is 0 Å². The van der Waals surface area contributed by atoms with Gasteiger partial charge in [0, 0.05) is 0 Å². The van der Waals surface area contributed by atoms with E-state index in [9.17, 15) is 4.79 Å². The van der Waals surface area contributed by atoms with Crippen molar-refractivity contribution in [1.29, 1.82) is 0 Å². The summed E-state index contributed by atoms with van der Waals surface area (Å²) in [6.07, 6.45) is 0. The summed E-state index contributed by atoms with van der Waals surface area (Å²) in [5.74, 6) is -0.328. The highest BCUT2D eigenvalue weighted by Gasteiger charge is 2.21. The minimum atomic E-state index is -0.328. The molecule has 1 N–H and O–H groups in total. The molecule has 0 atom stereocenters. The van der Waals surface area contributed by atoms with Gasteiger partial charge in [-0.3, -0.25) is 4.79 Å². The molecule has 0 fully saturated rings. The second kappa shape index (κ2) is 4.57. The molecule has 82 valence electrons. The van der Waals surface area contributed by atoms with E-state index in [1.165, 1.54) is 0 Å². The smallest absolute Gasteiger partial charge is 0.295 e. The van der Waals surface area contributed by atoms with Gasteiger partial charge < -0.3 is 4.84 Å². The summed E-state index contributed by atoms with van der Waals surface area (Å²) in [5, 5.41) is 7.48. The molecule has 0 bridgehead atoms. The van der Waals surface area contributed by atoms with Crippen LogP contribution in [0.1, 0.15) is 12.5 Å². The molecule has 0 radical (unpaired) electrons. The van der Waals surface area contributed by atoms with Gasteiger partial charge in [-0.1, -0.05) is 35.5 Å². The lowest BCUT2D eigenvalue weighted by Gasteiger charge is -1.99. The standard InChI is InChI=1S/C11H11N3O2/c1-8-10(11(15)13-12-8)14-16-7-9-5-3-2-4-6-9/h2-6H,7H2,1H3,(H,13,14,15). The lowest BCUT2D eigenvalue weighted by atomic mass is 10.2. The predicted molar refractivity (Wildman–Crippen MR) is 59.9 cm³/mol. The van der Waals surface area contributed by atoms with Gasteiger partial charge in [0.25, 0.3) is 5.91 Å². The second-order valence-corrected chi connectivity index (χ2v) is 3.34. The Morgan fingerprint density at radius 1 is 1.38 bits per heavy atom. The number of carbonyl (C=O) groups is 1. The molecule has 1 aliphatic heterocycles. The van der Waals surface area contributed by atoms with Crippen molar-refractivity contribution in [2.45, 2.75) is 13.5 Å². The van der Waals surface area contributed by atoms with Crippen LogP contribution in [-0.4, -0.2) is 17.3 Å². The monoisotopic (exact) mass is 217 g/mol. The summed E-state index contributed by atoms with van der Waals surface area (Å²) in [4.78, 5) is 16.3. The minimum absolute atomic E-state index is 0.232. The average Bonchev–Trinajstić information content (AvgIpc) is 2.62. The number of hydrogen-bond donors (Lipinski definition) is 1. The van der Waals surface area contributed by atoms with Crippen molar-refractivity contribution in [3.63, 3.8) is 0 Å². The van der Waals surface area contributed by atoms with Crippen LogP contribution in [0.4, 0.5) is 0 Å². The maximum absolute atomic E-state index is 11.2. The largest absolute Gasteiger partial charge is 0.390 e.